The Morgan fingerprint density at radius 2 is 2.17 bits per heavy atom. The zero-order valence-electron chi connectivity index (χ0n) is 6.11. The van der Waals surface area contributed by atoms with Crippen molar-refractivity contribution in [3.8, 4) is 0 Å². The molecule has 0 radical (unpaired) electrons. The van der Waals surface area contributed by atoms with Crippen molar-refractivity contribution in [1.82, 2.24) is 5.32 Å². The van der Waals surface area contributed by atoms with Crippen LogP contribution < -0.4 is 11.1 Å². The molecule has 0 aliphatic rings. The highest BCUT2D eigenvalue weighted by atomic mass is 31.2. The predicted molar refractivity (Wildman–Crippen MR) is 39.0 cm³/mol. The first-order valence-corrected chi connectivity index (χ1v) is 4.80. The van der Waals surface area contributed by atoms with Gasteiger partial charge in [-0.1, -0.05) is 0 Å². The number of alkyl halides is 1. The Labute approximate surface area is 68.1 Å². The van der Waals surface area contributed by atoms with E-state index in [9.17, 15) is 13.8 Å². The summed E-state index contributed by atoms with van der Waals surface area (Å²) in [6.45, 7) is -1.06. The van der Waals surface area contributed by atoms with Gasteiger partial charge in [0.2, 0.25) is 5.91 Å². The summed E-state index contributed by atoms with van der Waals surface area (Å²) in [7, 11) is -4.28. The van der Waals surface area contributed by atoms with Crippen LogP contribution in [0.5, 0.6) is 0 Å². The van der Waals surface area contributed by atoms with Crippen LogP contribution in [0, 0.1) is 0 Å². The van der Waals surface area contributed by atoms with Gasteiger partial charge in [-0.3, -0.25) is 9.36 Å². The normalized spacial score (nSPS) is 14.0. The van der Waals surface area contributed by atoms with E-state index < -0.39 is 32.5 Å². The summed E-state index contributed by atoms with van der Waals surface area (Å²) in [5.74, 6) is -0.916. The SMILES string of the molecule is N[C@@H](CF)C(=O)NCP(=O)(O)O. The number of halogens is 1. The molecule has 5 N–H and O–H groups in total. The van der Waals surface area contributed by atoms with E-state index in [2.05, 4.69) is 0 Å². The molecule has 6 nitrogen and oxygen atoms in total. The largest absolute Gasteiger partial charge is 0.344 e. The van der Waals surface area contributed by atoms with Crippen LogP contribution in [0.4, 0.5) is 4.39 Å². The van der Waals surface area contributed by atoms with Gasteiger partial charge in [0, 0.05) is 0 Å². The first-order chi connectivity index (χ1) is 5.37. The molecule has 0 aliphatic heterocycles. The number of nitrogens with one attached hydrogen (secondary N) is 1. The number of nitrogens with two attached hydrogens (primary N) is 1. The summed E-state index contributed by atoms with van der Waals surface area (Å²) in [4.78, 5) is 27.2. The topological polar surface area (TPSA) is 113 Å². The fraction of sp³-hybridized carbons (Fsp3) is 0.750. The molecule has 0 aliphatic carbocycles. The zero-order chi connectivity index (χ0) is 9.78. The molecule has 72 valence electrons. The summed E-state index contributed by atoms with van der Waals surface area (Å²) >= 11 is 0. The number of amides is 1. The number of carbonyl (C=O) groups is 1. The zero-order valence-corrected chi connectivity index (χ0v) is 7.00. The maximum atomic E-state index is 11.7. The van der Waals surface area contributed by atoms with Crippen LogP contribution >= 0.6 is 7.60 Å². The third kappa shape index (κ3) is 5.20. The lowest BCUT2D eigenvalue weighted by Gasteiger charge is -2.08. The molecule has 0 fully saturated rings. The molecule has 0 spiro atoms. The lowest BCUT2D eigenvalue weighted by Crippen LogP contribution is -2.42. The van der Waals surface area contributed by atoms with Crippen LogP contribution in [-0.4, -0.2) is 34.7 Å². The molecule has 0 aromatic rings. The third-order valence-corrected chi connectivity index (χ3v) is 1.53. The van der Waals surface area contributed by atoms with Gasteiger partial charge in [-0.25, -0.2) is 4.39 Å². The van der Waals surface area contributed by atoms with Gasteiger partial charge >= 0.3 is 7.60 Å². The Balaban J connectivity index is 3.80. The first kappa shape index (κ1) is 11.5. The van der Waals surface area contributed by atoms with Crippen LogP contribution in [-0.2, 0) is 9.36 Å². The second kappa shape index (κ2) is 4.51. The first-order valence-electron chi connectivity index (χ1n) is 3.00. The summed E-state index contributed by atoms with van der Waals surface area (Å²) in [6, 6.07) is -1.36. The van der Waals surface area contributed by atoms with Crippen molar-refractivity contribution < 1.29 is 23.5 Å². The average Bonchev–Trinajstić information content (AvgIpc) is 1.97. The Kier molecular flexibility index (Phi) is 4.33. The second-order valence-electron chi connectivity index (χ2n) is 2.12. The van der Waals surface area contributed by atoms with Gasteiger partial charge in [0.15, 0.2) is 0 Å². The van der Waals surface area contributed by atoms with E-state index in [1.165, 1.54) is 0 Å². The Morgan fingerprint density at radius 1 is 1.67 bits per heavy atom. The molecule has 0 saturated heterocycles. The summed E-state index contributed by atoms with van der Waals surface area (Å²) in [6.07, 6.45) is -0.820. The molecule has 0 unspecified atom stereocenters. The van der Waals surface area contributed by atoms with Gasteiger partial charge < -0.3 is 20.8 Å². The fourth-order valence-corrected chi connectivity index (χ4v) is 0.744. The van der Waals surface area contributed by atoms with Gasteiger partial charge in [-0.05, 0) is 0 Å². The quantitative estimate of drug-likeness (QED) is 0.414. The molecule has 8 heteroatoms. The summed E-state index contributed by atoms with van der Waals surface area (Å²) in [5.41, 5.74) is 4.91. The molecule has 0 aromatic heterocycles. The molecule has 1 atom stereocenters. The van der Waals surface area contributed by atoms with E-state index in [0.29, 0.717) is 0 Å². The van der Waals surface area contributed by atoms with E-state index in [1.54, 1.807) is 5.32 Å². The highest BCUT2D eigenvalue weighted by Crippen LogP contribution is 2.31. The fourth-order valence-electron chi connectivity index (χ4n) is 0.382. The van der Waals surface area contributed by atoms with Gasteiger partial charge in [-0.2, -0.15) is 0 Å². The number of hydrogen-bond acceptors (Lipinski definition) is 3. The highest BCUT2D eigenvalue weighted by molar-refractivity contribution is 7.51. The van der Waals surface area contributed by atoms with Gasteiger partial charge in [0.1, 0.15) is 19.0 Å². The maximum Gasteiger partial charge on any atom is 0.344 e. The molecule has 0 aromatic carbocycles. The highest BCUT2D eigenvalue weighted by Gasteiger charge is 2.18. The monoisotopic (exact) mass is 200 g/mol. The number of carbonyl (C=O) groups excluding carboxylic acids is 1. The Bertz CT molecular complexity index is 205. The van der Waals surface area contributed by atoms with Crippen molar-refractivity contribution in [2.45, 2.75) is 6.04 Å². The Morgan fingerprint density at radius 3 is 2.50 bits per heavy atom. The van der Waals surface area contributed by atoms with Crippen molar-refractivity contribution in [1.29, 1.82) is 0 Å². The molecule has 0 bridgehead atoms. The van der Waals surface area contributed by atoms with E-state index in [-0.39, 0.29) is 0 Å². The lowest BCUT2D eigenvalue weighted by atomic mass is 10.3. The third-order valence-electron chi connectivity index (χ3n) is 0.962. The van der Waals surface area contributed by atoms with Crippen LogP contribution in [0.2, 0.25) is 0 Å². The predicted octanol–water partition coefficient (Wildman–Crippen LogP) is -1.47. The molecule has 12 heavy (non-hydrogen) atoms. The maximum absolute atomic E-state index is 11.7. The van der Waals surface area contributed by atoms with Crippen LogP contribution in [0.3, 0.4) is 0 Å². The number of rotatable bonds is 4. The molecule has 1 amide bonds. The molecule has 0 heterocycles. The molecule has 0 rings (SSSR count). The number of hydrogen-bond donors (Lipinski definition) is 4. The van der Waals surface area contributed by atoms with Gasteiger partial charge in [0.25, 0.3) is 0 Å². The average molecular weight is 200 g/mol. The van der Waals surface area contributed by atoms with E-state index in [4.69, 9.17) is 15.5 Å². The molecular weight excluding hydrogens is 190 g/mol. The lowest BCUT2D eigenvalue weighted by molar-refractivity contribution is -0.122. The minimum atomic E-state index is -4.28. The van der Waals surface area contributed by atoms with Gasteiger partial charge in [0.05, 0.1) is 0 Å². The molecular formula is C4H10FN2O4P. The van der Waals surface area contributed by atoms with Crippen LogP contribution in [0.1, 0.15) is 0 Å². The summed E-state index contributed by atoms with van der Waals surface area (Å²) < 4.78 is 21.9. The minimum absolute atomic E-state index is 0.820. The van der Waals surface area contributed by atoms with E-state index in [1.807, 2.05) is 0 Å². The van der Waals surface area contributed by atoms with Crippen molar-refractivity contribution in [2.24, 2.45) is 5.73 Å². The van der Waals surface area contributed by atoms with Crippen molar-refractivity contribution in [3.63, 3.8) is 0 Å². The van der Waals surface area contributed by atoms with Crippen LogP contribution in [0.15, 0.2) is 0 Å². The van der Waals surface area contributed by atoms with E-state index >= 15 is 0 Å². The van der Waals surface area contributed by atoms with Crippen molar-refractivity contribution in [2.75, 3.05) is 13.0 Å². The van der Waals surface area contributed by atoms with E-state index in [0.717, 1.165) is 0 Å². The summed E-state index contributed by atoms with van der Waals surface area (Å²) in [5, 5.41) is 1.81. The minimum Gasteiger partial charge on any atom is -0.343 e. The standard InChI is InChI=1S/C4H10FN2O4P/c5-1-3(6)4(8)7-2-12(9,10)11/h3H,1-2,6H2,(H,7,8)(H2,9,10,11)/t3-/m0/s1. The van der Waals surface area contributed by atoms with Crippen molar-refractivity contribution in [3.05, 3.63) is 0 Å². The molecule has 0 saturated carbocycles. The van der Waals surface area contributed by atoms with Gasteiger partial charge in [-0.15, -0.1) is 0 Å². The second-order valence-corrected chi connectivity index (χ2v) is 3.77. The smallest absolute Gasteiger partial charge is 0.343 e. The van der Waals surface area contributed by atoms with Crippen molar-refractivity contribution >= 4 is 13.5 Å². The Hall–Kier alpha value is -0.490. The van der Waals surface area contributed by atoms with Crippen LogP contribution in [0.25, 0.3) is 0 Å².